The Bertz CT molecular complexity index is 735. The summed E-state index contributed by atoms with van der Waals surface area (Å²) in [6.45, 7) is 3.25. The van der Waals surface area contributed by atoms with Gasteiger partial charge in [-0.3, -0.25) is 14.3 Å². The molecule has 6 heteroatoms. The van der Waals surface area contributed by atoms with Crippen LogP contribution in [0.5, 0.6) is 0 Å². The van der Waals surface area contributed by atoms with Crippen LogP contribution < -0.4 is 5.32 Å². The fraction of sp³-hybridized carbons (Fsp3) is 0.762. The lowest BCUT2D eigenvalue weighted by Crippen LogP contribution is -2.53. The van der Waals surface area contributed by atoms with Crippen LogP contribution in [0.4, 0.5) is 0 Å². The van der Waals surface area contributed by atoms with E-state index < -0.39 is 5.41 Å². The molecule has 0 bridgehead atoms. The summed E-state index contributed by atoms with van der Waals surface area (Å²) in [5.74, 6) is 0.173. The lowest BCUT2D eigenvalue weighted by Gasteiger charge is -2.40. The molecule has 2 fully saturated rings. The van der Waals surface area contributed by atoms with Crippen molar-refractivity contribution in [3.63, 3.8) is 0 Å². The SMILES string of the molecule is Cn1nc2c(c1C(=O)N1CCC[C@@](C)(C(=O)NC3CCCC3)C1)CCCC2. The van der Waals surface area contributed by atoms with Crippen LogP contribution in [0, 0.1) is 5.41 Å². The van der Waals surface area contributed by atoms with Crippen molar-refractivity contribution >= 4 is 11.8 Å². The van der Waals surface area contributed by atoms with Gasteiger partial charge >= 0.3 is 0 Å². The second kappa shape index (κ2) is 7.28. The summed E-state index contributed by atoms with van der Waals surface area (Å²) in [7, 11) is 1.88. The minimum atomic E-state index is -0.491. The number of aromatic nitrogens is 2. The molecule has 2 aliphatic carbocycles. The largest absolute Gasteiger partial charge is 0.353 e. The number of hydrogen-bond donors (Lipinski definition) is 1. The van der Waals surface area contributed by atoms with E-state index in [2.05, 4.69) is 10.4 Å². The Morgan fingerprint density at radius 2 is 1.85 bits per heavy atom. The fourth-order valence-corrected chi connectivity index (χ4v) is 5.13. The smallest absolute Gasteiger partial charge is 0.272 e. The predicted molar refractivity (Wildman–Crippen MR) is 103 cm³/mol. The van der Waals surface area contributed by atoms with Crippen LogP contribution in [0.15, 0.2) is 0 Å². The van der Waals surface area contributed by atoms with Gasteiger partial charge in [0.25, 0.3) is 5.91 Å². The average Bonchev–Trinajstić information content (AvgIpc) is 3.27. The Kier molecular flexibility index (Phi) is 4.99. The topological polar surface area (TPSA) is 67.2 Å². The van der Waals surface area contributed by atoms with Gasteiger partial charge in [-0.15, -0.1) is 0 Å². The van der Waals surface area contributed by atoms with Crippen LogP contribution in [0.2, 0.25) is 0 Å². The number of nitrogens with one attached hydrogen (secondary N) is 1. The van der Waals surface area contributed by atoms with E-state index in [1.54, 1.807) is 4.68 Å². The normalized spacial score (nSPS) is 26.1. The maximum absolute atomic E-state index is 13.3. The van der Waals surface area contributed by atoms with Crippen molar-refractivity contribution in [2.75, 3.05) is 13.1 Å². The molecule has 2 amide bonds. The molecule has 1 saturated carbocycles. The first-order chi connectivity index (χ1) is 13.0. The molecule has 0 aromatic carbocycles. The van der Waals surface area contributed by atoms with Crippen LogP contribution in [0.25, 0.3) is 0 Å². The number of rotatable bonds is 3. The number of aryl methyl sites for hydroxylation is 2. The zero-order chi connectivity index (χ0) is 19.0. The van der Waals surface area contributed by atoms with Gasteiger partial charge in [0.1, 0.15) is 5.69 Å². The Labute approximate surface area is 161 Å². The number of nitrogens with zero attached hydrogens (tertiary/aromatic N) is 3. The third-order valence-corrected chi connectivity index (χ3v) is 6.74. The molecule has 148 valence electrons. The molecule has 1 aromatic heterocycles. The monoisotopic (exact) mass is 372 g/mol. The lowest BCUT2D eigenvalue weighted by atomic mass is 9.80. The quantitative estimate of drug-likeness (QED) is 0.887. The standard InChI is InChI=1S/C21H32N4O2/c1-21(20(27)22-15-8-3-4-9-15)12-7-13-25(14-21)19(26)18-16-10-5-6-11-17(16)23-24(18)2/h15H,3-14H2,1-2H3,(H,22,27)/t21-/m1/s1. The number of hydrogen-bond acceptors (Lipinski definition) is 3. The number of fused-ring (bicyclic) bond motifs is 1. The molecule has 27 heavy (non-hydrogen) atoms. The van der Waals surface area contributed by atoms with Crippen molar-refractivity contribution in [3.8, 4) is 0 Å². The number of carbonyl (C=O) groups is 2. The fourth-order valence-electron chi connectivity index (χ4n) is 5.13. The van der Waals surface area contributed by atoms with E-state index in [1.807, 2.05) is 18.9 Å². The lowest BCUT2D eigenvalue weighted by molar-refractivity contribution is -0.133. The molecule has 0 spiro atoms. The molecule has 1 aliphatic heterocycles. The third-order valence-electron chi connectivity index (χ3n) is 6.74. The first-order valence-corrected chi connectivity index (χ1v) is 10.6. The summed E-state index contributed by atoms with van der Waals surface area (Å²) < 4.78 is 1.77. The highest BCUT2D eigenvalue weighted by molar-refractivity contribution is 5.95. The van der Waals surface area contributed by atoms with Gasteiger partial charge in [-0.05, 0) is 58.3 Å². The van der Waals surface area contributed by atoms with Gasteiger partial charge in [-0.1, -0.05) is 12.8 Å². The van der Waals surface area contributed by atoms with Crippen molar-refractivity contribution in [1.29, 1.82) is 0 Å². The molecule has 1 N–H and O–H groups in total. The molecule has 1 aromatic rings. The zero-order valence-corrected chi connectivity index (χ0v) is 16.7. The minimum absolute atomic E-state index is 0.0488. The van der Waals surface area contributed by atoms with Crippen LogP contribution in [-0.4, -0.2) is 45.6 Å². The van der Waals surface area contributed by atoms with Gasteiger partial charge < -0.3 is 10.2 Å². The van der Waals surface area contributed by atoms with Gasteiger partial charge in [-0.25, -0.2) is 0 Å². The maximum Gasteiger partial charge on any atom is 0.272 e. The van der Waals surface area contributed by atoms with Gasteiger partial charge in [0.05, 0.1) is 11.1 Å². The molecule has 0 radical (unpaired) electrons. The van der Waals surface area contributed by atoms with Crippen LogP contribution in [-0.2, 0) is 24.7 Å². The molecule has 4 rings (SSSR count). The van der Waals surface area contributed by atoms with E-state index >= 15 is 0 Å². The third kappa shape index (κ3) is 3.50. The van der Waals surface area contributed by atoms with E-state index in [1.165, 1.54) is 12.8 Å². The summed E-state index contributed by atoms with van der Waals surface area (Å²) in [5, 5.41) is 7.85. The van der Waals surface area contributed by atoms with Gasteiger partial charge in [0.15, 0.2) is 0 Å². The first kappa shape index (κ1) is 18.5. The zero-order valence-electron chi connectivity index (χ0n) is 16.7. The Hall–Kier alpha value is -1.85. The van der Waals surface area contributed by atoms with E-state index in [0.29, 0.717) is 12.6 Å². The Balaban J connectivity index is 1.50. The van der Waals surface area contributed by atoms with Crippen LogP contribution >= 0.6 is 0 Å². The second-order valence-electron chi connectivity index (χ2n) is 8.95. The van der Waals surface area contributed by atoms with Gasteiger partial charge in [-0.2, -0.15) is 5.10 Å². The van der Waals surface area contributed by atoms with E-state index in [-0.39, 0.29) is 11.8 Å². The van der Waals surface area contributed by atoms with Crippen molar-refractivity contribution in [1.82, 2.24) is 20.0 Å². The van der Waals surface area contributed by atoms with E-state index in [0.717, 1.165) is 74.9 Å². The molecule has 3 aliphatic rings. The molecule has 0 unspecified atom stereocenters. The Morgan fingerprint density at radius 3 is 2.63 bits per heavy atom. The summed E-state index contributed by atoms with van der Waals surface area (Å²) >= 11 is 0. The highest BCUT2D eigenvalue weighted by Crippen LogP contribution is 2.33. The number of likely N-dealkylation sites (tertiary alicyclic amines) is 1. The highest BCUT2D eigenvalue weighted by Gasteiger charge is 2.41. The van der Waals surface area contributed by atoms with Crippen molar-refractivity contribution in [2.45, 2.75) is 77.2 Å². The minimum Gasteiger partial charge on any atom is -0.353 e. The molecule has 1 saturated heterocycles. The van der Waals surface area contributed by atoms with Crippen molar-refractivity contribution in [2.24, 2.45) is 12.5 Å². The maximum atomic E-state index is 13.3. The van der Waals surface area contributed by atoms with Crippen LogP contribution in [0.3, 0.4) is 0 Å². The first-order valence-electron chi connectivity index (χ1n) is 10.6. The summed E-state index contributed by atoms with van der Waals surface area (Å²) in [5.41, 5.74) is 2.47. The molecule has 2 heterocycles. The van der Waals surface area contributed by atoms with Crippen LogP contribution in [0.1, 0.15) is 80.0 Å². The van der Waals surface area contributed by atoms with E-state index in [9.17, 15) is 9.59 Å². The summed E-state index contributed by atoms with van der Waals surface area (Å²) in [4.78, 5) is 28.2. The van der Waals surface area contributed by atoms with Gasteiger partial charge in [0.2, 0.25) is 5.91 Å². The molecular weight excluding hydrogens is 340 g/mol. The predicted octanol–water partition coefficient (Wildman–Crippen LogP) is 2.60. The summed E-state index contributed by atoms with van der Waals surface area (Å²) in [6, 6.07) is 0.324. The molecule has 1 atom stereocenters. The van der Waals surface area contributed by atoms with E-state index in [4.69, 9.17) is 0 Å². The average molecular weight is 373 g/mol. The Morgan fingerprint density at radius 1 is 1.11 bits per heavy atom. The highest BCUT2D eigenvalue weighted by atomic mass is 16.2. The second-order valence-corrected chi connectivity index (χ2v) is 8.95. The van der Waals surface area contributed by atoms with Gasteiger partial charge in [0, 0.05) is 31.7 Å². The number of carbonyl (C=O) groups excluding carboxylic acids is 2. The van der Waals surface area contributed by atoms with Crippen molar-refractivity contribution < 1.29 is 9.59 Å². The molecule has 6 nitrogen and oxygen atoms in total. The van der Waals surface area contributed by atoms with Crippen molar-refractivity contribution in [3.05, 3.63) is 17.0 Å². The summed E-state index contributed by atoms with van der Waals surface area (Å²) in [6.07, 6.45) is 10.5. The molecular formula is C21H32N4O2. The number of piperidine rings is 1. The number of amides is 2.